The highest BCUT2D eigenvalue weighted by Gasteiger charge is 2.03. The van der Waals surface area contributed by atoms with Crippen molar-refractivity contribution in [3.05, 3.63) is 64.4 Å². The van der Waals surface area contributed by atoms with Gasteiger partial charge in [-0.3, -0.25) is 4.98 Å². The molecule has 0 unspecified atom stereocenters. The molecule has 1 N–H and O–H groups in total. The zero-order valence-electron chi connectivity index (χ0n) is 9.73. The molecule has 1 aromatic carbocycles. The van der Waals surface area contributed by atoms with Gasteiger partial charge in [-0.25, -0.2) is 0 Å². The van der Waals surface area contributed by atoms with Crippen molar-refractivity contribution in [2.24, 2.45) is 0 Å². The smallest absolute Gasteiger partial charge is 0.0410 e. The van der Waals surface area contributed by atoms with Crippen molar-refractivity contribution >= 4 is 15.9 Å². The van der Waals surface area contributed by atoms with Gasteiger partial charge in [-0.15, -0.1) is 0 Å². The van der Waals surface area contributed by atoms with E-state index in [1.807, 2.05) is 12.3 Å². The number of aromatic nitrogens is 1. The Kier molecular flexibility index (Phi) is 4.29. The highest BCUT2D eigenvalue weighted by Crippen LogP contribution is 2.13. The lowest BCUT2D eigenvalue weighted by Crippen LogP contribution is -2.18. The van der Waals surface area contributed by atoms with Crippen LogP contribution in [0.3, 0.4) is 0 Å². The molecule has 0 radical (unpaired) electrons. The fourth-order valence-corrected chi connectivity index (χ4v) is 2.10. The quantitative estimate of drug-likeness (QED) is 0.929. The standard InChI is InChI=1S/C14H15BrN2/c1-11(13-5-3-2-4-6-13)17-9-12-7-14(15)10-16-8-12/h2-8,10-11,17H,9H2,1H3/t11-/m1/s1. The monoisotopic (exact) mass is 290 g/mol. The summed E-state index contributed by atoms with van der Waals surface area (Å²) in [6.07, 6.45) is 3.68. The molecule has 0 aliphatic heterocycles. The number of nitrogens with one attached hydrogen (secondary N) is 1. The number of hydrogen-bond acceptors (Lipinski definition) is 2. The molecule has 0 amide bonds. The topological polar surface area (TPSA) is 24.9 Å². The molecule has 2 nitrogen and oxygen atoms in total. The SMILES string of the molecule is C[C@@H](NCc1cncc(Br)c1)c1ccccc1. The first-order valence-corrected chi connectivity index (χ1v) is 6.43. The Bertz CT molecular complexity index is 471. The minimum absolute atomic E-state index is 0.343. The largest absolute Gasteiger partial charge is 0.306 e. The van der Waals surface area contributed by atoms with Crippen molar-refractivity contribution < 1.29 is 0 Å². The van der Waals surface area contributed by atoms with E-state index in [1.54, 1.807) is 6.20 Å². The molecule has 0 bridgehead atoms. The Labute approximate surface area is 110 Å². The Morgan fingerprint density at radius 3 is 2.71 bits per heavy atom. The van der Waals surface area contributed by atoms with Gasteiger partial charge in [-0.2, -0.15) is 0 Å². The van der Waals surface area contributed by atoms with Crippen LogP contribution in [0.2, 0.25) is 0 Å². The van der Waals surface area contributed by atoms with Gasteiger partial charge in [-0.1, -0.05) is 30.3 Å². The number of nitrogens with zero attached hydrogens (tertiary/aromatic N) is 1. The summed E-state index contributed by atoms with van der Waals surface area (Å²) in [5.74, 6) is 0. The van der Waals surface area contributed by atoms with Crippen molar-refractivity contribution in [3.8, 4) is 0 Å². The van der Waals surface area contributed by atoms with E-state index < -0.39 is 0 Å². The van der Waals surface area contributed by atoms with Gasteiger partial charge in [0.2, 0.25) is 0 Å². The summed E-state index contributed by atoms with van der Waals surface area (Å²) < 4.78 is 1.02. The zero-order valence-corrected chi connectivity index (χ0v) is 11.3. The first-order chi connectivity index (χ1) is 8.25. The highest BCUT2D eigenvalue weighted by atomic mass is 79.9. The van der Waals surface area contributed by atoms with Gasteiger partial charge in [-0.05, 0) is 40.0 Å². The second kappa shape index (κ2) is 5.94. The molecular formula is C14H15BrN2. The summed E-state index contributed by atoms with van der Waals surface area (Å²) in [6, 6.07) is 12.9. The van der Waals surface area contributed by atoms with Gasteiger partial charge in [0, 0.05) is 29.5 Å². The van der Waals surface area contributed by atoms with Gasteiger partial charge in [0.05, 0.1) is 0 Å². The molecule has 0 saturated carbocycles. The average molecular weight is 291 g/mol. The first kappa shape index (κ1) is 12.3. The molecule has 3 heteroatoms. The van der Waals surface area contributed by atoms with Gasteiger partial charge in [0.1, 0.15) is 0 Å². The number of rotatable bonds is 4. The van der Waals surface area contributed by atoms with E-state index in [2.05, 4.69) is 63.5 Å². The second-order valence-corrected chi connectivity index (χ2v) is 4.94. The van der Waals surface area contributed by atoms with Crippen molar-refractivity contribution in [2.45, 2.75) is 19.5 Å². The van der Waals surface area contributed by atoms with E-state index in [-0.39, 0.29) is 0 Å². The first-order valence-electron chi connectivity index (χ1n) is 5.63. The number of halogens is 1. The average Bonchev–Trinajstić information content (AvgIpc) is 2.37. The van der Waals surface area contributed by atoms with Crippen LogP contribution in [0.25, 0.3) is 0 Å². The van der Waals surface area contributed by atoms with Gasteiger partial charge in [0.15, 0.2) is 0 Å². The van der Waals surface area contributed by atoms with Gasteiger partial charge in [0.25, 0.3) is 0 Å². The van der Waals surface area contributed by atoms with Crippen LogP contribution in [0.15, 0.2) is 53.3 Å². The maximum Gasteiger partial charge on any atom is 0.0410 e. The predicted octanol–water partition coefficient (Wildman–Crippen LogP) is 3.69. The van der Waals surface area contributed by atoms with Crippen molar-refractivity contribution in [3.63, 3.8) is 0 Å². The third-order valence-corrected chi connectivity index (χ3v) is 3.11. The Hall–Kier alpha value is -1.19. The molecule has 0 saturated heterocycles. The van der Waals surface area contributed by atoms with E-state index >= 15 is 0 Å². The fourth-order valence-electron chi connectivity index (χ4n) is 1.68. The number of benzene rings is 1. The predicted molar refractivity (Wildman–Crippen MR) is 73.6 cm³/mol. The molecule has 88 valence electrons. The molecule has 0 aliphatic rings. The Balaban J connectivity index is 1.95. The van der Waals surface area contributed by atoms with Crippen LogP contribution >= 0.6 is 15.9 Å². The van der Waals surface area contributed by atoms with Crippen LogP contribution in [0.1, 0.15) is 24.1 Å². The Morgan fingerprint density at radius 1 is 1.24 bits per heavy atom. The summed E-state index contributed by atoms with van der Waals surface area (Å²) in [6.45, 7) is 2.99. The third-order valence-electron chi connectivity index (χ3n) is 2.67. The lowest BCUT2D eigenvalue weighted by atomic mass is 10.1. The second-order valence-electron chi connectivity index (χ2n) is 4.02. The van der Waals surface area contributed by atoms with Crippen LogP contribution in [-0.4, -0.2) is 4.98 Å². The number of pyridine rings is 1. The minimum atomic E-state index is 0.343. The molecule has 1 heterocycles. The van der Waals surface area contributed by atoms with Crippen molar-refractivity contribution in [1.29, 1.82) is 0 Å². The highest BCUT2D eigenvalue weighted by molar-refractivity contribution is 9.10. The zero-order chi connectivity index (χ0) is 12.1. The summed E-state index contributed by atoms with van der Waals surface area (Å²) in [5.41, 5.74) is 2.48. The molecule has 0 spiro atoms. The van der Waals surface area contributed by atoms with Gasteiger partial charge < -0.3 is 5.32 Å². The summed E-state index contributed by atoms with van der Waals surface area (Å²) in [7, 11) is 0. The van der Waals surface area contributed by atoms with Crippen molar-refractivity contribution in [2.75, 3.05) is 0 Å². The lowest BCUT2D eigenvalue weighted by molar-refractivity contribution is 0.574. The molecule has 0 fully saturated rings. The van der Waals surface area contributed by atoms with Gasteiger partial charge >= 0.3 is 0 Å². The van der Waals surface area contributed by atoms with E-state index in [1.165, 1.54) is 11.1 Å². The van der Waals surface area contributed by atoms with E-state index in [0.717, 1.165) is 11.0 Å². The molecule has 2 rings (SSSR count). The normalized spacial score (nSPS) is 12.4. The van der Waals surface area contributed by atoms with Crippen LogP contribution in [0, 0.1) is 0 Å². The lowest BCUT2D eigenvalue weighted by Gasteiger charge is -2.14. The molecule has 1 aromatic heterocycles. The fraction of sp³-hybridized carbons (Fsp3) is 0.214. The van der Waals surface area contributed by atoms with Crippen molar-refractivity contribution in [1.82, 2.24) is 10.3 Å². The van der Waals surface area contributed by atoms with Crippen LogP contribution in [0.5, 0.6) is 0 Å². The maximum atomic E-state index is 4.15. The minimum Gasteiger partial charge on any atom is -0.306 e. The molecule has 17 heavy (non-hydrogen) atoms. The third kappa shape index (κ3) is 3.65. The molecule has 0 aliphatic carbocycles. The van der Waals surface area contributed by atoms with Crippen LogP contribution in [-0.2, 0) is 6.54 Å². The van der Waals surface area contributed by atoms with Crippen LogP contribution in [0.4, 0.5) is 0 Å². The summed E-state index contributed by atoms with van der Waals surface area (Å²) >= 11 is 3.42. The van der Waals surface area contributed by atoms with E-state index in [4.69, 9.17) is 0 Å². The summed E-state index contributed by atoms with van der Waals surface area (Å²) in [4.78, 5) is 4.15. The molecule has 2 aromatic rings. The molecular weight excluding hydrogens is 276 g/mol. The Morgan fingerprint density at radius 2 is 2.00 bits per heavy atom. The van der Waals surface area contributed by atoms with Crippen LogP contribution < -0.4 is 5.32 Å². The van der Waals surface area contributed by atoms with E-state index in [0.29, 0.717) is 6.04 Å². The maximum absolute atomic E-state index is 4.15. The van der Waals surface area contributed by atoms with E-state index in [9.17, 15) is 0 Å². The number of hydrogen-bond donors (Lipinski definition) is 1. The summed E-state index contributed by atoms with van der Waals surface area (Å²) in [5, 5.41) is 3.48. The molecule has 1 atom stereocenters.